The lowest BCUT2D eigenvalue weighted by Crippen LogP contribution is -2.10. The zero-order valence-electron chi connectivity index (χ0n) is 7.68. The predicted molar refractivity (Wildman–Crippen MR) is 55.2 cm³/mol. The van der Waals surface area contributed by atoms with E-state index >= 15 is 0 Å². The second-order valence-corrected chi connectivity index (χ2v) is 3.00. The van der Waals surface area contributed by atoms with Crippen LogP contribution in [0, 0.1) is 0 Å². The van der Waals surface area contributed by atoms with Crippen molar-refractivity contribution in [3.8, 4) is 0 Å². The van der Waals surface area contributed by atoms with E-state index in [1.807, 2.05) is 24.3 Å². The molecule has 0 atom stereocenters. The van der Waals surface area contributed by atoms with Gasteiger partial charge in [-0.2, -0.15) is 9.78 Å². The van der Waals surface area contributed by atoms with Crippen LogP contribution in [0.1, 0.15) is 11.2 Å². The third-order valence-corrected chi connectivity index (χ3v) is 2.03. The van der Waals surface area contributed by atoms with Gasteiger partial charge >= 0.3 is 0 Å². The minimum atomic E-state index is -0.0544. The lowest BCUT2D eigenvalue weighted by molar-refractivity contribution is 0.0907. The Morgan fingerprint density at radius 2 is 2.29 bits per heavy atom. The Hall–Kier alpha value is -1.90. The summed E-state index contributed by atoms with van der Waals surface area (Å²) in [6.45, 7) is 3.53. The van der Waals surface area contributed by atoms with Gasteiger partial charge in [0.15, 0.2) is 0 Å². The van der Waals surface area contributed by atoms with Crippen molar-refractivity contribution in [1.82, 2.24) is 9.78 Å². The summed E-state index contributed by atoms with van der Waals surface area (Å²) in [5.41, 5.74) is 0.847. The zero-order chi connectivity index (χ0) is 9.97. The molecule has 0 amide bonds. The second kappa shape index (κ2) is 3.46. The van der Waals surface area contributed by atoms with Crippen LogP contribution in [0.15, 0.2) is 43.1 Å². The van der Waals surface area contributed by atoms with E-state index in [-0.39, 0.29) is 5.91 Å². The van der Waals surface area contributed by atoms with Gasteiger partial charge in [-0.15, -0.1) is 6.58 Å². The molecule has 1 heterocycles. The van der Waals surface area contributed by atoms with Gasteiger partial charge in [-0.1, -0.05) is 24.3 Å². The molecule has 1 aromatic heterocycles. The fourth-order valence-electron chi connectivity index (χ4n) is 1.38. The first kappa shape index (κ1) is 8.69. The Balaban J connectivity index is 2.52. The third-order valence-electron chi connectivity index (χ3n) is 2.03. The first-order valence-corrected chi connectivity index (χ1v) is 4.40. The van der Waals surface area contributed by atoms with Crippen molar-refractivity contribution in [3.05, 3.63) is 43.1 Å². The number of allylic oxidation sites excluding steroid dienone is 1. The molecule has 1 aromatic carbocycles. The SMILES string of the molecule is C=CCC(=O)n1ncc2ccccc21. The minimum Gasteiger partial charge on any atom is -0.272 e. The van der Waals surface area contributed by atoms with E-state index in [9.17, 15) is 4.79 Å². The van der Waals surface area contributed by atoms with Gasteiger partial charge in [0.05, 0.1) is 11.7 Å². The number of para-hydroxylation sites is 1. The van der Waals surface area contributed by atoms with E-state index in [2.05, 4.69) is 11.7 Å². The molecule has 2 aromatic rings. The molecule has 70 valence electrons. The van der Waals surface area contributed by atoms with E-state index in [4.69, 9.17) is 0 Å². The molecular weight excluding hydrogens is 176 g/mol. The third kappa shape index (κ3) is 1.33. The van der Waals surface area contributed by atoms with Crippen LogP contribution in [0.2, 0.25) is 0 Å². The molecule has 0 fully saturated rings. The van der Waals surface area contributed by atoms with Crippen LogP contribution in [-0.2, 0) is 0 Å². The Labute approximate surface area is 81.7 Å². The van der Waals surface area contributed by atoms with Crippen molar-refractivity contribution >= 4 is 16.8 Å². The molecule has 0 saturated carbocycles. The first-order valence-electron chi connectivity index (χ1n) is 4.40. The number of carbonyl (C=O) groups is 1. The molecule has 0 spiro atoms. The van der Waals surface area contributed by atoms with E-state index < -0.39 is 0 Å². The van der Waals surface area contributed by atoms with Gasteiger partial charge < -0.3 is 0 Å². The Kier molecular flexibility index (Phi) is 2.14. The molecule has 0 aliphatic carbocycles. The van der Waals surface area contributed by atoms with Gasteiger partial charge in [-0.3, -0.25) is 4.79 Å². The molecular formula is C11H10N2O. The standard InChI is InChI=1S/C11H10N2O/c1-2-5-11(14)13-10-7-4-3-6-9(10)8-12-13/h2-4,6-8H,1,5H2. The fourth-order valence-corrected chi connectivity index (χ4v) is 1.38. The predicted octanol–water partition coefficient (Wildman–Crippen LogP) is 2.25. The van der Waals surface area contributed by atoms with Gasteiger partial charge in [-0.25, -0.2) is 0 Å². The molecule has 0 radical (unpaired) electrons. The molecule has 14 heavy (non-hydrogen) atoms. The van der Waals surface area contributed by atoms with Crippen molar-refractivity contribution in [3.63, 3.8) is 0 Å². The number of aromatic nitrogens is 2. The summed E-state index contributed by atoms with van der Waals surface area (Å²) < 4.78 is 1.41. The highest BCUT2D eigenvalue weighted by atomic mass is 16.2. The monoisotopic (exact) mass is 186 g/mol. The highest BCUT2D eigenvalue weighted by Crippen LogP contribution is 2.12. The van der Waals surface area contributed by atoms with Crippen LogP contribution in [-0.4, -0.2) is 15.7 Å². The number of rotatable bonds is 2. The van der Waals surface area contributed by atoms with Crippen LogP contribution < -0.4 is 0 Å². The Morgan fingerprint density at radius 1 is 1.50 bits per heavy atom. The van der Waals surface area contributed by atoms with Crippen molar-refractivity contribution in [1.29, 1.82) is 0 Å². The summed E-state index contributed by atoms with van der Waals surface area (Å²) in [5.74, 6) is -0.0544. The number of hydrogen-bond acceptors (Lipinski definition) is 2. The van der Waals surface area contributed by atoms with Crippen molar-refractivity contribution in [2.24, 2.45) is 0 Å². The summed E-state index contributed by atoms with van der Waals surface area (Å²) in [4.78, 5) is 11.5. The number of carbonyl (C=O) groups excluding carboxylic acids is 1. The minimum absolute atomic E-state index is 0.0544. The van der Waals surface area contributed by atoms with Crippen LogP contribution in [0.4, 0.5) is 0 Å². The Bertz CT molecular complexity index is 485. The average Bonchev–Trinajstić information content (AvgIpc) is 2.61. The van der Waals surface area contributed by atoms with E-state index in [0.717, 1.165) is 10.9 Å². The van der Waals surface area contributed by atoms with Crippen LogP contribution >= 0.6 is 0 Å². The van der Waals surface area contributed by atoms with Gasteiger partial charge in [0.1, 0.15) is 0 Å². The summed E-state index contributed by atoms with van der Waals surface area (Å²) in [6.07, 6.45) is 3.58. The maximum absolute atomic E-state index is 11.5. The summed E-state index contributed by atoms with van der Waals surface area (Å²) in [5, 5.41) is 5.01. The molecule has 3 nitrogen and oxygen atoms in total. The zero-order valence-corrected chi connectivity index (χ0v) is 7.68. The lowest BCUT2D eigenvalue weighted by Gasteiger charge is -1.98. The van der Waals surface area contributed by atoms with Gasteiger partial charge in [-0.05, 0) is 6.07 Å². The molecule has 0 N–H and O–H groups in total. The lowest BCUT2D eigenvalue weighted by atomic mass is 10.2. The van der Waals surface area contributed by atoms with Crippen molar-refractivity contribution in [2.75, 3.05) is 0 Å². The highest BCUT2D eigenvalue weighted by molar-refractivity contribution is 5.91. The van der Waals surface area contributed by atoms with E-state index in [1.165, 1.54) is 4.68 Å². The smallest absolute Gasteiger partial charge is 0.251 e. The van der Waals surface area contributed by atoms with Gasteiger partial charge in [0, 0.05) is 11.8 Å². The normalized spacial score (nSPS) is 10.3. The summed E-state index contributed by atoms with van der Waals surface area (Å²) in [7, 11) is 0. The highest BCUT2D eigenvalue weighted by Gasteiger charge is 2.07. The van der Waals surface area contributed by atoms with Crippen LogP contribution in [0.3, 0.4) is 0 Å². The first-order chi connectivity index (χ1) is 6.83. The summed E-state index contributed by atoms with van der Waals surface area (Å²) >= 11 is 0. The quantitative estimate of drug-likeness (QED) is 0.674. The fraction of sp³-hybridized carbons (Fsp3) is 0.0909. The van der Waals surface area contributed by atoms with Crippen molar-refractivity contribution in [2.45, 2.75) is 6.42 Å². The molecule has 0 aliphatic rings. The molecule has 0 saturated heterocycles. The molecule has 0 aliphatic heterocycles. The largest absolute Gasteiger partial charge is 0.272 e. The average molecular weight is 186 g/mol. The topological polar surface area (TPSA) is 34.9 Å². The number of nitrogens with zero attached hydrogens (tertiary/aromatic N) is 2. The van der Waals surface area contributed by atoms with Crippen LogP contribution in [0.5, 0.6) is 0 Å². The van der Waals surface area contributed by atoms with E-state index in [0.29, 0.717) is 6.42 Å². The number of benzene rings is 1. The van der Waals surface area contributed by atoms with Crippen molar-refractivity contribution < 1.29 is 4.79 Å². The van der Waals surface area contributed by atoms with Gasteiger partial charge in [0.25, 0.3) is 5.91 Å². The summed E-state index contributed by atoms with van der Waals surface area (Å²) in [6, 6.07) is 7.62. The number of hydrogen-bond donors (Lipinski definition) is 0. The molecule has 3 heteroatoms. The number of fused-ring (bicyclic) bond motifs is 1. The maximum Gasteiger partial charge on any atom is 0.251 e. The Morgan fingerprint density at radius 3 is 3.07 bits per heavy atom. The maximum atomic E-state index is 11.5. The molecule has 2 rings (SSSR count). The molecule has 0 unspecified atom stereocenters. The second-order valence-electron chi connectivity index (χ2n) is 3.00. The van der Waals surface area contributed by atoms with Crippen LogP contribution in [0.25, 0.3) is 10.9 Å². The molecule has 0 bridgehead atoms. The van der Waals surface area contributed by atoms with Gasteiger partial charge in [0.2, 0.25) is 0 Å². The van der Waals surface area contributed by atoms with E-state index in [1.54, 1.807) is 12.3 Å².